The highest BCUT2D eigenvalue weighted by molar-refractivity contribution is 6.12. The van der Waals surface area contributed by atoms with Crippen molar-refractivity contribution >= 4 is 23.0 Å². The summed E-state index contributed by atoms with van der Waals surface area (Å²) in [6.45, 7) is 17.7. The quantitative estimate of drug-likeness (QED) is 0.164. The summed E-state index contributed by atoms with van der Waals surface area (Å²) < 4.78 is 0. The van der Waals surface area contributed by atoms with Gasteiger partial charge in [0.1, 0.15) is 11.4 Å². The highest BCUT2D eigenvalue weighted by Gasteiger charge is 2.51. The van der Waals surface area contributed by atoms with Crippen molar-refractivity contribution in [3.8, 4) is 33.9 Å². The van der Waals surface area contributed by atoms with Crippen LogP contribution in [0.25, 0.3) is 33.9 Å². The van der Waals surface area contributed by atoms with Gasteiger partial charge in [0, 0.05) is 40.5 Å². The third-order valence-electron chi connectivity index (χ3n) is 11.7. The minimum Gasteiger partial charge on any atom is -0.317 e. The number of pyridine rings is 2. The number of aromatic nitrogens is 4. The molecule has 0 atom stereocenters. The van der Waals surface area contributed by atoms with Crippen molar-refractivity contribution in [2.75, 3.05) is 9.80 Å². The third-order valence-corrected chi connectivity index (χ3v) is 11.7. The summed E-state index contributed by atoms with van der Waals surface area (Å²) in [6, 6.07) is 41.2. The van der Waals surface area contributed by atoms with E-state index in [-0.39, 0.29) is 22.2 Å². The molecule has 0 aliphatic carbocycles. The predicted octanol–water partition coefficient (Wildman–Crippen LogP) is 9.92. The van der Waals surface area contributed by atoms with Gasteiger partial charge in [-0.1, -0.05) is 66.7 Å². The summed E-state index contributed by atoms with van der Waals surface area (Å²) in [4.78, 5) is 35.2. The van der Waals surface area contributed by atoms with E-state index in [4.69, 9.17) is 29.9 Å². The van der Waals surface area contributed by atoms with Crippen LogP contribution in [0.5, 0.6) is 0 Å². The molecule has 8 nitrogen and oxygen atoms in total. The zero-order valence-corrected chi connectivity index (χ0v) is 32.3. The van der Waals surface area contributed by atoms with E-state index < -0.39 is 0 Å². The molecule has 0 bridgehead atoms. The predicted molar refractivity (Wildman–Crippen MR) is 221 cm³/mol. The minimum absolute atomic E-state index is 0.267. The molecule has 0 radical (unpaired) electrons. The topological polar surface area (TPSA) is 82.8 Å². The summed E-state index contributed by atoms with van der Waals surface area (Å²) in [7, 11) is 0. The van der Waals surface area contributed by atoms with E-state index in [0.717, 1.165) is 62.5 Å². The van der Waals surface area contributed by atoms with E-state index >= 15 is 0 Å². The highest BCUT2D eigenvalue weighted by atomic mass is 15.4. The van der Waals surface area contributed by atoms with Gasteiger partial charge in [-0.3, -0.25) is 20.0 Å². The van der Waals surface area contributed by atoms with Gasteiger partial charge in [0.15, 0.2) is 17.5 Å². The van der Waals surface area contributed by atoms with Gasteiger partial charge in [0.2, 0.25) is 0 Å². The minimum atomic E-state index is -0.329. The number of para-hydroxylation sites is 2. The SMILES string of the molecule is CC1(C)N=C(c2ccc(-c3cc(-c4ccc(C5=NC(C)(C)C(C)(C)N5c5ccccc5)nc4)nc(-c4ccccc4)n3)cn2)N(c2ccccc2)C1(C)C. The second-order valence-electron chi connectivity index (χ2n) is 16.1. The number of benzene rings is 3. The van der Waals surface area contributed by atoms with Crippen LogP contribution in [0.1, 0.15) is 66.8 Å². The lowest BCUT2D eigenvalue weighted by Crippen LogP contribution is -2.53. The van der Waals surface area contributed by atoms with Crippen molar-refractivity contribution in [1.29, 1.82) is 0 Å². The van der Waals surface area contributed by atoms with Gasteiger partial charge in [-0.15, -0.1) is 0 Å². The number of hydrogen-bond donors (Lipinski definition) is 0. The number of amidine groups is 2. The summed E-state index contributed by atoms with van der Waals surface area (Å²) in [6.07, 6.45) is 3.78. The molecule has 6 aromatic rings. The number of anilines is 2. The molecular formula is C46H46N8. The molecule has 2 aliphatic heterocycles. The largest absolute Gasteiger partial charge is 0.317 e. The van der Waals surface area contributed by atoms with Crippen molar-refractivity contribution in [3.05, 3.63) is 145 Å². The van der Waals surface area contributed by atoms with Crippen LogP contribution in [-0.4, -0.2) is 53.8 Å². The van der Waals surface area contributed by atoms with Gasteiger partial charge in [-0.25, -0.2) is 9.97 Å². The summed E-state index contributed by atoms with van der Waals surface area (Å²) in [5, 5.41) is 0. The molecule has 0 saturated carbocycles. The van der Waals surface area contributed by atoms with Gasteiger partial charge in [0.25, 0.3) is 0 Å². The number of nitrogens with zero attached hydrogens (tertiary/aromatic N) is 8. The maximum Gasteiger partial charge on any atom is 0.160 e. The number of aliphatic imine (C=N–C) groups is 2. The molecule has 3 aromatic carbocycles. The second-order valence-corrected chi connectivity index (χ2v) is 16.1. The van der Waals surface area contributed by atoms with Crippen molar-refractivity contribution in [1.82, 2.24) is 19.9 Å². The second kappa shape index (κ2) is 12.8. The van der Waals surface area contributed by atoms with Crippen LogP contribution >= 0.6 is 0 Å². The fraction of sp³-hybridized carbons (Fsp3) is 0.261. The molecule has 0 amide bonds. The van der Waals surface area contributed by atoms with Crippen molar-refractivity contribution < 1.29 is 0 Å². The molecule has 0 spiro atoms. The van der Waals surface area contributed by atoms with Gasteiger partial charge in [-0.05, 0) is 110 Å². The Bertz CT molecular complexity index is 2220. The van der Waals surface area contributed by atoms with Crippen LogP contribution in [0.4, 0.5) is 11.4 Å². The van der Waals surface area contributed by atoms with Gasteiger partial charge >= 0.3 is 0 Å². The maximum atomic E-state index is 5.22. The first-order valence-corrected chi connectivity index (χ1v) is 18.6. The van der Waals surface area contributed by atoms with Crippen LogP contribution < -0.4 is 9.80 Å². The molecule has 0 unspecified atom stereocenters. The Balaban J connectivity index is 1.16. The lowest BCUT2D eigenvalue weighted by molar-refractivity contribution is 0.338. The highest BCUT2D eigenvalue weighted by Crippen LogP contribution is 2.43. The molecule has 8 rings (SSSR count). The van der Waals surface area contributed by atoms with Crippen molar-refractivity contribution in [3.63, 3.8) is 0 Å². The monoisotopic (exact) mass is 710 g/mol. The molecule has 270 valence electrons. The van der Waals surface area contributed by atoms with Gasteiger partial charge in [-0.2, -0.15) is 0 Å². The third kappa shape index (κ3) is 5.86. The first kappa shape index (κ1) is 35.0. The zero-order valence-electron chi connectivity index (χ0n) is 32.3. The Labute approximate surface area is 318 Å². The Hall–Kier alpha value is -6.02. The van der Waals surface area contributed by atoms with Crippen LogP contribution in [-0.2, 0) is 0 Å². The molecule has 54 heavy (non-hydrogen) atoms. The molecule has 8 heteroatoms. The average molecular weight is 711 g/mol. The van der Waals surface area contributed by atoms with E-state index in [1.54, 1.807) is 0 Å². The van der Waals surface area contributed by atoms with Crippen LogP contribution in [0.15, 0.2) is 144 Å². The molecule has 0 fully saturated rings. The fourth-order valence-corrected chi connectivity index (χ4v) is 7.18. The van der Waals surface area contributed by atoms with Crippen molar-refractivity contribution in [2.45, 2.75) is 77.5 Å². The summed E-state index contributed by atoms with van der Waals surface area (Å²) in [5.74, 6) is 2.34. The summed E-state index contributed by atoms with van der Waals surface area (Å²) in [5.41, 5.74) is 6.85. The smallest absolute Gasteiger partial charge is 0.160 e. The normalized spacial score (nSPS) is 18.0. The molecule has 2 aliphatic rings. The van der Waals surface area contributed by atoms with E-state index in [1.165, 1.54) is 0 Å². The van der Waals surface area contributed by atoms with Crippen LogP contribution in [0, 0.1) is 0 Å². The Morgan fingerprint density at radius 1 is 0.407 bits per heavy atom. The number of hydrogen-bond acceptors (Lipinski definition) is 8. The molecule has 0 N–H and O–H groups in total. The first-order chi connectivity index (χ1) is 25.8. The van der Waals surface area contributed by atoms with E-state index in [0.29, 0.717) is 5.82 Å². The zero-order chi connectivity index (χ0) is 37.9. The lowest BCUT2D eigenvalue weighted by Gasteiger charge is -2.41. The first-order valence-electron chi connectivity index (χ1n) is 18.6. The van der Waals surface area contributed by atoms with Gasteiger partial charge in [0.05, 0.1) is 33.5 Å². The molecular weight excluding hydrogens is 665 g/mol. The maximum absolute atomic E-state index is 5.22. The average Bonchev–Trinajstić information content (AvgIpc) is 3.50. The Morgan fingerprint density at radius 2 is 0.796 bits per heavy atom. The van der Waals surface area contributed by atoms with Gasteiger partial charge < -0.3 is 9.80 Å². The molecule has 0 saturated heterocycles. The number of rotatable bonds is 7. The van der Waals surface area contributed by atoms with E-state index in [1.807, 2.05) is 73.1 Å². The van der Waals surface area contributed by atoms with Crippen LogP contribution in [0.2, 0.25) is 0 Å². The van der Waals surface area contributed by atoms with Crippen LogP contribution in [0.3, 0.4) is 0 Å². The molecule has 3 aromatic heterocycles. The Kier molecular flexibility index (Phi) is 8.32. The molecule has 5 heterocycles. The Morgan fingerprint density at radius 3 is 1.17 bits per heavy atom. The summed E-state index contributed by atoms with van der Waals surface area (Å²) >= 11 is 0. The lowest BCUT2D eigenvalue weighted by atomic mass is 9.83. The van der Waals surface area contributed by atoms with E-state index in [9.17, 15) is 0 Å². The van der Waals surface area contributed by atoms with E-state index in [2.05, 4.69) is 126 Å². The fourth-order valence-electron chi connectivity index (χ4n) is 7.18. The standard InChI is InChI=1S/C46H46N8/c1-43(2)45(5,6)53(34-20-14-10-15-21-34)41(51-43)36-26-24-32(29-47-36)38-28-39(50-40(49-38)31-18-12-9-13-19-31)33-25-27-37(48-30-33)42-52-44(3,4)46(7,8)54(42)35-22-16-11-17-23-35/h9-30H,1-8H3. The van der Waals surface area contributed by atoms with Crippen molar-refractivity contribution in [2.24, 2.45) is 9.98 Å².